The summed E-state index contributed by atoms with van der Waals surface area (Å²) in [6, 6.07) is 15.5. The molecule has 91 valence electrons. The number of carbonyl (C=O) groups is 1. The van der Waals surface area contributed by atoms with Crippen LogP contribution in [0.15, 0.2) is 48.5 Å². The maximum atomic E-state index is 11.4. The van der Waals surface area contributed by atoms with Crippen molar-refractivity contribution in [1.29, 1.82) is 0 Å². The fourth-order valence-corrected chi connectivity index (χ4v) is 2.11. The Morgan fingerprint density at radius 2 is 1.89 bits per heavy atom. The molecule has 0 spiro atoms. The van der Waals surface area contributed by atoms with Crippen LogP contribution in [0.5, 0.6) is 5.75 Å². The van der Waals surface area contributed by atoms with Gasteiger partial charge < -0.3 is 0 Å². The average molecular weight is 304 g/mol. The van der Waals surface area contributed by atoms with Gasteiger partial charge in [-0.15, -0.1) is 0 Å². The van der Waals surface area contributed by atoms with Crippen molar-refractivity contribution in [2.75, 3.05) is 0 Å². The molecule has 0 unspecified atom stereocenters. The van der Waals surface area contributed by atoms with Gasteiger partial charge in [-0.3, -0.25) is 0 Å². The van der Waals surface area contributed by atoms with Gasteiger partial charge in [-0.25, -0.2) is 0 Å². The Morgan fingerprint density at radius 3 is 2.56 bits per heavy atom. The first-order valence-electron chi connectivity index (χ1n) is 5.65. The molecule has 2 aromatic carbocycles. The molecule has 18 heavy (non-hydrogen) atoms. The van der Waals surface area contributed by atoms with Crippen LogP contribution in [0.2, 0.25) is 0 Å². The summed E-state index contributed by atoms with van der Waals surface area (Å²) in [5.41, 5.74) is 2.72. The topological polar surface area (TPSA) is 26.3 Å². The number of rotatable bonds is 4. The predicted molar refractivity (Wildman–Crippen MR) is 72.0 cm³/mol. The van der Waals surface area contributed by atoms with E-state index in [0.29, 0.717) is 17.9 Å². The number of benzene rings is 2. The number of aryl methyl sites for hydroxylation is 1. The second kappa shape index (κ2) is 5.85. The van der Waals surface area contributed by atoms with Crippen LogP contribution < -0.4 is 4.74 Å². The zero-order valence-corrected chi connectivity index (χ0v) is 11.8. The Hall–Kier alpha value is -1.57. The molecular weight excluding hydrogens is 291 g/mol. The molecule has 0 aliphatic rings. The van der Waals surface area contributed by atoms with Gasteiger partial charge in [-0.05, 0) is 0 Å². The first-order valence-corrected chi connectivity index (χ1v) is 6.51. The molecule has 0 aliphatic heterocycles. The Kier molecular flexibility index (Phi) is 4.19. The Labute approximate surface area is 115 Å². The molecule has 0 atom stereocenters. The van der Waals surface area contributed by atoms with E-state index in [-0.39, 0.29) is 4.68 Å². The zero-order valence-electron chi connectivity index (χ0n) is 10.1. The third-order valence-corrected chi connectivity index (χ3v) is 3.14. The van der Waals surface area contributed by atoms with Crippen molar-refractivity contribution in [2.24, 2.45) is 0 Å². The van der Waals surface area contributed by atoms with Crippen LogP contribution in [0.1, 0.15) is 21.5 Å². The van der Waals surface area contributed by atoms with Crippen LogP contribution in [-0.4, -0.2) is 20.7 Å². The summed E-state index contributed by atoms with van der Waals surface area (Å²) >= 11 is 2.50. The molecule has 2 rings (SSSR count). The van der Waals surface area contributed by atoms with E-state index in [4.69, 9.17) is 4.74 Å². The molecule has 1 radical (unpaired) electrons. The van der Waals surface area contributed by atoms with Crippen molar-refractivity contribution in [3.8, 4) is 5.75 Å². The molecule has 0 aliphatic carbocycles. The number of hydrogen-bond donors (Lipinski definition) is 0. The third-order valence-electron chi connectivity index (χ3n) is 2.68. The summed E-state index contributed by atoms with van der Waals surface area (Å²) in [6.07, 6.45) is 0. The predicted octanol–water partition coefficient (Wildman–Crippen LogP) is 2.88. The summed E-state index contributed by atoms with van der Waals surface area (Å²) in [6.45, 7) is 2.41. The van der Waals surface area contributed by atoms with Crippen LogP contribution in [0, 0.1) is 6.92 Å². The van der Waals surface area contributed by atoms with Gasteiger partial charge in [0, 0.05) is 0 Å². The van der Waals surface area contributed by atoms with Gasteiger partial charge in [0.1, 0.15) is 0 Å². The molecule has 0 aromatic heterocycles. The number of hydrogen-bond acceptors (Lipinski definition) is 2. The molecular formula is C15H13O2Se. The summed E-state index contributed by atoms with van der Waals surface area (Å²) in [7, 11) is 0. The van der Waals surface area contributed by atoms with Gasteiger partial charge in [0.05, 0.1) is 0 Å². The van der Waals surface area contributed by atoms with Gasteiger partial charge in [0.25, 0.3) is 0 Å². The van der Waals surface area contributed by atoms with Gasteiger partial charge in [0.2, 0.25) is 0 Å². The van der Waals surface area contributed by atoms with E-state index in [0.717, 1.165) is 11.1 Å². The van der Waals surface area contributed by atoms with Crippen LogP contribution >= 0.6 is 0 Å². The van der Waals surface area contributed by atoms with Gasteiger partial charge >= 0.3 is 115 Å². The van der Waals surface area contributed by atoms with Crippen molar-refractivity contribution in [2.45, 2.75) is 13.5 Å². The second-order valence-corrected chi connectivity index (χ2v) is 4.82. The quantitative estimate of drug-likeness (QED) is 0.812. The van der Waals surface area contributed by atoms with Crippen molar-refractivity contribution in [3.63, 3.8) is 0 Å². The molecule has 3 heteroatoms. The van der Waals surface area contributed by atoms with Crippen molar-refractivity contribution >= 4 is 20.7 Å². The standard InChI is InChI=1S/C15H13O2Se/c1-11-7-8-13(9-14(11)15(16)18)17-10-12-5-3-2-4-6-12/h2-9H,10H2,1H3. The second-order valence-electron chi connectivity index (χ2n) is 4.04. The monoisotopic (exact) mass is 305 g/mol. The molecule has 0 saturated heterocycles. The van der Waals surface area contributed by atoms with E-state index >= 15 is 0 Å². The van der Waals surface area contributed by atoms with Gasteiger partial charge in [-0.1, -0.05) is 0 Å². The zero-order chi connectivity index (χ0) is 13.0. The molecule has 0 amide bonds. The van der Waals surface area contributed by atoms with Crippen molar-refractivity contribution in [1.82, 2.24) is 0 Å². The van der Waals surface area contributed by atoms with E-state index < -0.39 is 0 Å². The van der Waals surface area contributed by atoms with E-state index in [9.17, 15) is 4.79 Å². The molecule has 2 nitrogen and oxygen atoms in total. The minimum atomic E-state index is -0.0577. The fraction of sp³-hybridized carbons (Fsp3) is 0.133. The molecule has 2 aromatic rings. The Morgan fingerprint density at radius 1 is 1.17 bits per heavy atom. The van der Waals surface area contributed by atoms with Crippen LogP contribution in [0.4, 0.5) is 0 Å². The third kappa shape index (κ3) is 3.22. The summed E-state index contributed by atoms with van der Waals surface area (Å²) in [5.74, 6) is 0.711. The number of ether oxygens (including phenoxy) is 1. The fourth-order valence-electron chi connectivity index (χ4n) is 1.65. The first-order chi connectivity index (χ1) is 8.66. The van der Waals surface area contributed by atoms with Crippen LogP contribution in [0.25, 0.3) is 0 Å². The molecule has 0 heterocycles. The molecule has 0 N–H and O–H groups in total. The molecule has 0 saturated carbocycles. The Bertz CT molecular complexity index is 550. The first kappa shape index (κ1) is 12.9. The number of carbonyl (C=O) groups excluding carboxylic acids is 1. The van der Waals surface area contributed by atoms with Crippen LogP contribution in [0.3, 0.4) is 0 Å². The summed E-state index contributed by atoms with van der Waals surface area (Å²) in [5, 5.41) is 0. The van der Waals surface area contributed by atoms with Crippen LogP contribution in [-0.2, 0) is 6.61 Å². The van der Waals surface area contributed by atoms with Gasteiger partial charge in [-0.2, -0.15) is 0 Å². The Balaban J connectivity index is 2.11. The summed E-state index contributed by atoms with van der Waals surface area (Å²) < 4.78 is 5.61. The van der Waals surface area contributed by atoms with E-state index in [1.54, 1.807) is 6.07 Å². The minimum absolute atomic E-state index is 0.0577. The van der Waals surface area contributed by atoms with E-state index in [1.807, 2.05) is 49.4 Å². The van der Waals surface area contributed by atoms with Crippen molar-refractivity contribution in [3.05, 3.63) is 65.2 Å². The SMILES string of the molecule is Cc1ccc(OCc2ccccc2)cc1C(=O)[Se]. The van der Waals surface area contributed by atoms with E-state index in [2.05, 4.69) is 16.0 Å². The maximum absolute atomic E-state index is 11.4. The molecule has 0 fully saturated rings. The normalized spacial score (nSPS) is 10.1. The summed E-state index contributed by atoms with van der Waals surface area (Å²) in [4.78, 5) is 11.4. The average Bonchev–Trinajstić information content (AvgIpc) is 2.38. The van der Waals surface area contributed by atoms with Gasteiger partial charge in [0.15, 0.2) is 0 Å². The molecule has 0 bridgehead atoms. The van der Waals surface area contributed by atoms with E-state index in [1.165, 1.54) is 0 Å². The van der Waals surface area contributed by atoms with Crippen molar-refractivity contribution < 1.29 is 9.53 Å².